The van der Waals surface area contributed by atoms with Crippen molar-refractivity contribution in [2.45, 2.75) is 19.8 Å². The van der Waals surface area contributed by atoms with Crippen molar-refractivity contribution in [2.24, 2.45) is 0 Å². The highest BCUT2D eigenvalue weighted by molar-refractivity contribution is 5.19. The minimum Gasteiger partial charge on any atom is -0.479 e. The summed E-state index contributed by atoms with van der Waals surface area (Å²) in [5, 5.41) is 0. The Labute approximate surface area is 71.4 Å². The molecule has 12 heavy (non-hydrogen) atoms. The van der Waals surface area contributed by atoms with Crippen LogP contribution in [0.4, 0.5) is 4.39 Å². The van der Waals surface area contributed by atoms with Crippen LogP contribution in [0, 0.1) is 5.82 Å². The van der Waals surface area contributed by atoms with Gasteiger partial charge in [0.25, 0.3) is 0 Å². The maximum atomic E-state index is 12.8. The molecule has 0 saturated heterocycles. The van der Waals surface area contributed by atoms with E-state index in [9.17, 15) is 4.39 Å². The summed E-state index contributed by atoms with van der Waals surface area (Å²) < 4.78 is 17.6. The van der Waals surface area contributed by atoms with E-state index in [2.05, 4.69) is 4.98 Å². The van der Waals surface area contributed by atoms with Crippen LogP contribution in [0.3, 0.4) is 0 Å². The smallest absolute Gasteiger partial charge is 0.250 e. The maximum Gasteiger partial charge on any atom is 0.250 e. The van der Waals surface area contributed by atoms with Crippen LogP contribution in [0.2, 0.25) is 0 Å². The first kappa shape index (κ1) is 8.97. The SMILES string of the molecule is COc1nc(C(C)C)ccc1F. The molecule has 1 rings (SSSR count). The van der Waals surface area contributed by atoms with Gasteiger partial charge in [-0.05, 0) is 18.1 Å². The van der Waals surface area contributed by atoms with Crippen molar-refractivity contribution in [1.29, 1.82) is 0 Å². The van der Waals surface area contributed by atoms with Crippen LogP contribution >= 0.6 is 0 Å². The minimum atomic E-state index is -0.415. The predicted octanol–water partition coefficient (Wildman–Crippen LogP) is 2.35. The summed E-state index contributed by atoms with van der Waals surface area (Å²) in [5.41, 5.74) is 0.841. The lowest BCUT2D eigenvalue weighted by molar-refractivity contribution is 0.366. The van der Waals surface area contributed by atoms with E-state index in [1.807, 2.05) is 13.8 Å². The first-order valence-corrected chi connectivity index (χ1v) is 3.85. The molecule has 0 fully saturated rings. The number of methoxy groups -OCH3 is 1. The van der Waals surface area contributed by atoms with Gasteiger partial charge in [0.05, 0.1) is 7.11 Å². The summed E-state index contributed by atoms with van der Waals surface area (Å²) in [6, 6.07) is 3.05. The first-order valence-electron chi connectivity index (χ1n) is 3.85. The number of pyridine rings is 1. The Kier molecular flexibility index (Phi) is 2.63. The molecule has 0 bridgehead atoms. The van der Waals surface area contributed by atoms with Crippen molar-refractivity contribution in [3.8, 4) is 5.88 Å². The molecule has 0 aromatic carbocycles. The molecule has 0 amide bonds. The molecular formula is C9H12FNO. The van der Waals surface area contributed by atoms with E-state index < -0.39 is 5.82 Å². The van der Waals surface area contributed by atoms with Gasteiger partial charge in [-0.3, -0.25) is 0 Å². The molecule has 0 unspecified atom stereocenters. The molecule has 2 nitrogen and oxygen atoms in total. The molecule has 1 aromatic heterocycles. The lowest BCUT2D eigenvalue weighted by atomic mass is 10.1. The third-order valence-corrected chi connectivity index (χ3v) is 1.62. The molecule has 0 spiro atoms. The second-order valence-electron chi connectivity index (χ2n) is 2.88. The van der Waals surface area contributed by atoms with Crippen molar-refractivity contribution < 1.29 is 9.13 Å². The predicted molar refractivity (Wildman–Crippen MR) is 44.8 cm³/mol. The summed E-state index contributed by atoms with van der Waals surface area (Å²) in [6.45, 7) is 4.00. The van der Waals surface area contributed by atoms with Crippen LogP contribution in [0.1, 0.15) is 25.5 Å². The lowest BCUT2D eigenvalue weighted by Crippen LogP contribution is -1.97. The van der Waals surface area contributed by atoms with Gasteiger partial charge in [0.2, 0.25) is 5.88 Å². The fourth-order valence-electron chi connectivity index (χ4n) is 0.902. The van der Waals surface area contributed by atoms with Gasteiger partial charge in [-0.15, -0.1) is 0 Å². The number of ether oxygens (including phenoxy) is 1. The Morgan fingerprint density at radius 3 is 2.58 bits per heavy atom. The molecule has 0 atom stereocenters. The summed E-state index contributed by atoms with van der Waals surface area (Å²) in [5.74, 6) is -0.0531. The monoisotopic (exact) mass is 169 g/mol. The van der Waals surface area contributed by atoms with Crippen LogP contribution < -0.4 is 4.74 Å². The van der Waals surface area contributed by atoms with E-state index in [-0.39, 0.29) is 5.88 Å². The van der Waals surface area contributed by atoms with Crippen LogP contribution in [-0.4, -0.2) is 12.1 Å². The quantitative estimate of drug-likeness (QED) is 0.678. The minimum absolute atomic E-state index is 0.0706. The van der Waals surface area contributed by atoms with Crippen LogP contribution in [0.15, 0.2) is 12.1 Å². The number of rotatable bonds is 2. The Balaban J connectivity index is 3.05. The summed E-state index contributed by atoms with van der Waals surface area (Å²) in [6.07, 6.45) is 0. The fourth-order valence-corrected chi connectivity index (χ4v) is 0.902. The van der Waals surface area contributed by atoms with Gasteiger partial charge in [0.15, 0.2) is 5.82 Å². The van der Waals surface area contributed by atoms with Crippen LogP contribution in [0.5, 0.6) is 5.88 Å². The van der Waals surface area contributed by atoms with E-state index in [0.29, 0.717) is 5.92 Å². The highest BCUT2D eigenvalue weighted by Gasteiger charge is 2.07. The summed E-state index contributed by atoms with van der Waals surface area (Å²) >= 11 is 0. The summed E-state index contributed by atoms with van der Waals surface area (Å²) in [7, 11) is 1.41. The summed E-state index contributed by atoms with van der Waals surface area (Å²) in [4.78, 5) is 3.99. The third-order valence-electron chi connectivity index (χ3n) is 1.62. The molecule has 0 saturated carbocycles. The van der Waals surface area contributed by atoms with Crippen molar-refractivity contribution in [2.75, 3.05) is 7.11 Å². The number of aromatic nitrogens is 1. The highest BCUT2D eigenvalue weighted by atomic mass is 19.1. The molecule has 66 valence electrons. The van der Waals surface area contributed by atoms with E-state index in [1.54, 1.807) is 6.07 Å². The van der Waals surface area contributed by atoms with Gasteiger partial charge >= 0.3 is 0 Å². The maximum absolute atomic E-state index is 12.8. The van der Waals surface area contributed by atoms with Crippen molar-refractivity contribution in [3.05, 3.63) is 23.6 Å². The van der Waals surface area contributed by atoms with Crippen molar-refractivity contribution >= 4 is 0 Å². The van der Waals surface area contributed by atoms with Gasteiger partial charge in [0, 0.05) is 5.69 Å². The van der Waals surface area contributed by atoms with E-state index in [0.717, 1.165) is 5.69 Å². The molecule has 0 aliphatic heterocycles. The van der Waals surface area contributed by atoms with E-state index >= 15 is 0 Å². The van der Waals surface area contributed by atoms with E-state index in [4.69, 9.17) is 4.74 Å². The Morgan fingerprint density at radius 2 is 2.08 bits per heavy atom. The number of hydrogen-bond donors (Lipinski definition) is 0. The highest BCUT2D eigenvalue weighted by Crippen LogP contribution is 2.18. The molecule has 0 radical (unpaired) electrons. The van der Waals surface area contributed by atoms with Gasteiger partial charge in [0.1, 0.15) is 0 Å². The number of nitrogens with zero attached hydrogens (tertiary/aromatic N) is 1. The third kappa shape index (κ3) is 1.72. The van der Waals surface area contributed by atoms with E-state index in [1.165, 1.54) is 13.2 Å². The second-order valence-corrected chi connectivity index (χ2v) is 2.88. The molecule has 1 aromatic rings. The molecule has 0 aliphatic rings. The average molecular weight is 169 g/mol. The van der Waals surface area contributed by atoms with Gasteiger partial charge in [-0.1, -0.05) is 13.8 Å². The van der Waals surface area contributed by atoms with Crippen LogP contribution in [-0.2, 0) is 0 Å². The van der Waals surface area contributed by atoms with Gasteiger partial charge < -0.3 is 4.74 Å². The van der Waals surface area contributed by atoms with Crippen molar-refractivity contribution in [3.63, 3.8) is 0 Å². The van der Waals surface area contributed by atoms with Crippen LogP contribution in [0.25, 0.3) is 0 Å². The molecule has 1 heterocycles. The van der Waals surface area contributed by atoms with Gasteiger partial charge in [-0.25, -0.2) is 9.37 Å². The zero-order valence-electron chi connectivity index (χ0n) is 7.47. The zero-order chi connectivity index (χ0) is 9.14. The topological polar surface area (TPSA) is 22.1 Å². The van der Waals surface area contributed by atoms with Gasteiger partial charge in [-0.2, -0.15) is 0 Å². The lowest BCUT2D eigenvalue weighted by Gasteiger charge is -2.06. The zero-order valence-corrected chi connectivity index (χ0v) is 7.47. The number of hydrogen-bond acceptors (Lipinski definition) is 2. The molecule has 3 heteroatoms. The Morgan fingerprint density at radius 1 is 1.42 bits per heavy atom. The first-order chi connectivity index (χ1) is 5.65. The standard InChI is InChI=1S/C9H12FNO/c1-6(2)8-5-4-7(10)9(11-8)12-3/h4-6H,1-3H3. The average Bonchev–Trinajstić information content (AvgIpc) is 2.05. The molecule has 0 aliphatic carbocycles. The fraction of sp³-hybridized carbons (Fsp3) is 0.444. The normalized spacial score (nSPS) is 10.4. The van der Waals surface area contributed by atoms with Crippen molar-refractivity contribution in [1.82, 2.24) is 4.98 Å². The largest absolute Gasteiger partial charge is 0.479 e. The number of halogens is 1. The Hall–Kier alpha value is -1.12. The second kappa shape index (κ2) is 3.52. The molecule has 0 N–H and O–H groups in total. The molecular weight excluding hydrogens is 157 g/mol. The Bertz CT molecular complexity index is 273.